The second-order valence-corrected chi connectivity index (χ2v) is 2.53. The fourth-order valence-corrected chi connectivity index (χ4v) is 0.953. The molecule has 1 saturated heterocycles. The number of rotatable bonds is 4. The van der Waals surface area contributed by atoms with Crippen LogP contribution < -0.4 is 0 Å². The van der Waals surface area contributed by atoms with Gasteiger partial charge in [0.1, 0.15) is 0 Å². The molecule has 0 amide bonds. The van der Waals surface area contributed by atoms with Gasteiger partial charge < -0.3 is 14.2 Å². The van der Waals surface area contributed by atoms with Crippen LogP contribution in [0.2, 0.25) is 0 Å². The minimum atomic E-state index is -0.626. The van der Waals surface area contributed by atoms with E-state index in [-0.39, 0.29) is 5.90 Å². The van der Waals surface area contributed by atoms with Gasteiger partial charge in [0.25, 0.3) is 0 Å². The fourth-order valence-electron chi connectivity index (χ4n) is 0.953. The van der Waals surface area contributed by atoms with Gasteiger partial charge in [0.2, 0.25) is 5.90 Å². The van der Waals surface area contributed by atoms with Gasteiger partial charge in [0.15, 0.2) is 12.2 Å². The summed E-state index contributed by atoms with van der Waals surface area (Å²) in [5.74, 6) is -0.419. The topological polar surface area (TPSA) is 71.9 Å². The van der Waals surface area contributed by atoms with Gasteiger partial charge in [0.05, 0.1) is 13.2 Å². The third-order valence-electron chi connectivity index (χ3n) is 1.57. The van der Waals surface area contributed by atoms with E-state index in [0.717, 1.165) is 0 Å². The summed E-state index contributed by atoms with van der Waals surface area (Å²) in [4.78, 5) is 11.0. The third kappa shape index (κ3) is 2.42. The Bertz CT molecular complexity index is 194. The average Bonchev–Trinajstić information content (AvgIpc) is 2.84. The molecule has 74 valence electrons. The highest BCUT2D eigenvalue weighted by atomic mass is 16.7. The first-order valence-corrected chi connectivity index (χ1v) is 4.24. The maximum atomic E-state index is 11.0. The molecule has 5 heteroatoms. The molecule has 2 unspecified atom stereocenters. The molecule has 0 aromatic rings. The first kappa shape index (κ1) is 9.98. The molecule has 0 saturated carbocycles. The van der Waals surface area contributed by atoms with Gasteiger partial charge in [-0.2, -0.15) is 0 Å². The maximum absolute atomic E-state index is 11.0. The van der Waals surface area contributed by atoms with Crippen LogP contribution in [0.1, 0.15) is 13.8 Å². The summed E-state index contributed by atoms with van der Waals surface area (Å²) >= 11 is 0. The van der Waals surface area contributed by atoms with Gasteiger partial charge in [-0.05, 0) is 13.8 Å². The molecule has 1 fully saturated rings. The summed E-state index contributed by atoms with van der Waals surface area (Å²) in [7, 11) is 0. The van der Waals surface area contributed by atoms with E-state index < -0.39 is 18.2 Å². The quantitative estimate of drug-likeness (QED) is 0.298. The molecule has 0 radical (unpaired) electrons. The van der Waals surface area contributed by atoms with Crippen molar-refractivity contribution in [2.45, 2.75) is 26.1 Å². The Hall–Kier alpha value is -1.10. The van der Waals surface area contributed by atoms with E-state index in [1.54, 1.807) is 13.8 Å². The van der Waals surface area contributed by atoms with Crippen LogP contribution in [0.5, 0.6) is 0 Å². The third-order valence-corrected chi connectivity index (χ3v) is 1.57. The molecule has 1 aliphatic rings. The summed E-state index contributed by atoms with van der Waals surface area (Å²) in [5, 5.41) is 7.31. The number of epoxide rings is 1. The predicted molar refractivity (Wildman–Crippen MR) is 44.6 cm³/mol. The first-order chi connectivity index (χ1) is 6.20. The van der Waals surface area contributed by atoms with Gasteiger partial charge in [-0.1, -0.05) is 0 Å². The van der Waals surface area contributed by atoms with Crippen molar-refractivity contribution >= 4 is 11.9 Å². The molecule has 13 heavy (non-hydrogen) atoms. The molecular formula is C8H13NO4. The van der Waals surface area contributed by atoms with E-state index in [2.05, 4.69) is 0 Å². The summed E-state index contributed by atoms with van der Waals surface area (Å²) in [6.07, 6.45) is -1.15. The van der Waals surface area contributed by atoms with E-state index in [4.69, 9.17) is 19.6 Å². The summed E-state index contributed by atoms with van der Waals surface area (Å²) in [5.41, 5.74) is 0. The summed E-state index contributed by atoms with van der Waals surface area (Å²) in [6, 6.07) is 0. The first-order valence-electron chi connectivity index (χ1n) is 4.24. The van der Waals surface area contributed by atoms with Crippen LogP contribution >= 0.6 is 0 Å². The van der Waals surface area contributed by atoms with Crippen molar-refractivity contribution in [1.29, 1.82) is 5.41 Å². The van der Waals surface area contributed by atoms with Crippen LogP contribution in [0.3, 0.4) is 0 Å². The lowest BCUT2D eigenvalue weighted by Crippen LogP contribution is -2.19. The highest BCUT2D eigenvalue weighted by molar-refractivity contribution is 5.91. The van der Waals surface area contributed by atoms with Crippen LogP contribution in [0, 0.1) is 5.41 Å². The van der Waals surface area contributed by atoms with Crippen molar-refractivity contribution in [3.05, 3.63) is 0 Å². The summed E-state index contributed by atoms with van der Waals surface area (Å²) in [6.45, 7) is 4.24. The zero-order valence-corrected chi connectivity index (χ0v) is 7.70. The maximum Gasteiger partial charge on any atom is 0.338 e. The Kier molecular flexibility index (Phi) is 3.25. The molecule has 1 N–H and O–H groups in total. The van der Waals surface area contributed by atoms with Gasteiger partial charge in [-0.25, -0.2) is 4.79 Å². The second-order valence-electron chi connectivity index (χ2n) is 2.53. The zero-order chi connectivity index (χ0) is 9.84. The van der Waals surface area contributed by atoms with Crippen molar-refractivity contribution in [2.75, 3.05) is 13.2 Å². The smallest absolute Gasteiger partial charge is 0.338 e. The molecular weight excluding hydrogens is 174 g/mol. The van der Waals surface area contributed by atoms with E-state index in [1.165, 1.54) is 0 Å². The Morgan fingerprint density at radius 3 is 2.46 bits per heavy atom. The van der Waals surface area contributed by atoms with Gasteiger partial charge in [-0.3, -0.25) is 5.41 Å². The lowest BCUT2D eigenvalue weighted by molar-refractivity contribution is -0.144. The molecule has 1 aliphatic heterocycles. The van der Waals surface area contributed by atoms with Crippen LogP contribution in [-0.4, -0.2) is 37.3 Å². The molecule has 1 rings (SSSR count). The Morgan fingerprint density at radius 2 is 1.92 bits per heavy atom. The Balaban J connectivity index is 2.29. The highest BCUT2D eigenvalue weighted by Gasteiger charge is 2.50. The monoisotopic (exact) mass is 187 g/mol. The van der Waals surface area contributed by atoms with Crippen LogP contribution in [0.4, 0.5) is 0 Å². The Morgan fingerprint density at radius 1 is 1.31 bits per heavy atom. The van der Waals surface area contributed by atoms with Gasteiger partial charge in [-0.15, -0.1) is 0 Å². The number of hydrogen-bond acceptors (Lipinski definition) is 5. The number of nitrogens with one attached hydrogen (secondary N) is 1. The number of hydrogen-bond donors (Lipinski definition) is 1. The van der Waals surface area contributed by atoms with Crippen molar-refractivity contribution in [2.24, 2.45) is 0 Å². The molecule has 0 aromatic heterocycles. The van der Waals surface area contributed by atoms with Crippen LogP contribution in [0.25, 0.3) is 0 Å². The molecule has 1 heterocycles. The van der Waals surface area contributed by atoms with Gasteiger partial charge >= 0.3 is 5.97 Å². The number of carbonyl (C=O) groups is 1. The SMILES string of the molecule is CCOC(=N)C1OC1C(=O)OCC. The molecule has 5 nitrogen and oxygen atoms in total. The largest absolute Gasteiger partial charge is 0.479 e. The average molecular weight is 187 g/mol. The van der Waals surface area contributed by atoms with Gasteiger partial charge in [0, 0.05) is 0 Å². The molecule has 0 bridgehead atoms. The zero-order valence-electron chi connectivity index (χ0n) is 7.70. The van der Waals surface area contributed by atoms with Crippen LogP contribution in [0.15, 0.2) is 0 Å². The standard InChI is InChI=1S/C8H13NO4/c1-3-11-7(9)5-6(13-5)8(10)12-4-2/h5-6,9H,3-4H2,1-2H3. The van der Waals surface area contributed by atoms with Crippen molar-refractivity contribution in [1.82, 2.24) is 0 Å². The van der Waals surface area contributed by atoms with Crippen molar-refractivity contribution in [3.8, 4) is 0 Å². The lowest BCUT2D eigenvalue weighted by Gasteiger charge is -2.00. The lowest BCUT2D eigenvalue weighted by atomic mass is 10.3. The van der Waals surface area contributed by atoms with E-state index in [9.17, 15) is 4.79 Å². The minimum Gasteiger partial charge on any atom is -0.479 e. The second kappa shape index (κ2) is 4.23. The number of esters is 1. The van der Waals surface area contributed by atoms with Crippen molar-refractivity contribution < 1.29 is 19.0 Å². The van der Waals surface area contributed by atoms with E-state index in [1.807, 2.05) is 0 Å². The molecule has 2 atom stereocenters. The van der Waals surface area contributed by atoms with Crippen molar-refractivity contribution in [3.63, 3.8) is 0 Å². The predicted octanol–water partition coefficient (Wildman–Crippen LogP) is 0.331. The number of ether oxygens (including phenoxy) is 3. The Labute approximate surface area is 76.5 Å². The van der Waals surface area contributed by atoms with E-state index >= 15 is 0 Å². The number of carbonyl (C=O) groups excluding carboxylic acids is 1. The normalized spacial score (nSPS) is 25.1. The summed E-state index contributed by atoms with van der Waals surface area (Å²) < 4.78 is 14.5. The molecule has 0 aliphatic carbocycles. The van der Waals surface area contributed by atoms with E-state index in [0.29, 0.717) is 13.2 Å². The highest BCUT2D eigenvalue weighted by Crippen LogP contribution is 2.24. The van der Waals surface area contributed by atoms with Crippen LogP contribution in [-0.2, 0) is 19.0 Å². The molecule has 0 spiro atoms. The molecule has 0 aromatic carbocycles. The fraction of sp³-hybridized carbons (Fsp3) is 0.750. The minimum absolute atomic E-state index is 0.000512.